The predicted octanol–water partition coefficient (Wildman–Crippen LogP) is 4.00. The molecule has 1 fully saturated rings. The smallest absolute Gasteiger partial charge is 0.196 e. The molecular weight excluding hydrogens is 519 g/mol. The quantitative estimate of drug-likeness (QED) is 0.189. The van der Waals surface area contributed by atoms with Crippen molar-refractivity contribution in [2.75, 3.05) is 25.1 Å². The van der Waals surface area contributed by atoms with E-state index in [4.69, 9.17) is 14.5 Å². The first-order chi connectivity index (χ1) is 15.2. The van der Waals surface area contributed by atoms with Crippen molar-refractivity contribution >= 4 is 35.6 Å². The number of fused-ring (bicyclic) bond motifs is 1. The van der Waals surface area contributed by atoms with Crippen molar-refractivity contribution in [3.8, 4) is 5.75 Å². The highest BCUT2D eigenvalue weighted by Gasteiger charge is 2.21. The predicted molar refractivity (Wildman–Crippen MR) is 137 cm³/mol. The van der Waals surface area contributed by atoms with Crippen molar-refractivity contribution in [3.05, 3.63) is 35.9 Å². The van der Waals surface area contributed by atoms with E-state index in [0.717, 1.165) is 80.5 Å². The molecule has 9 heteroatoms. The monoisotopic (exact) mass is 554 g/mol. The Balaban J connectivity index is 0.00000289. The van der Waals surface area contributed by atoms with Gasteiger partial charge in [0.2, 0.25) is 0 Å². The van der Waals surface area contributed by atoms with Gasteiger partial charge in [0.15, 0.2) is 11.8 Å². The Hall–Kier alpha value is -1.88. The van der Waals surface area contributed by atoms with E-state index in [1.165, 1.54) is 12.8 Å². The Labute approximate surface area is 207 Å². The van der Waals surface area contributed by atoms with Crippen molar-refractivity contribution in [1.29, 1.82) is 0 Å². The Bertz CT molecular complexity index is 864. The second-order valence-corrected chi connectivity index (χ2v) is 8.57. The number of anilines is 1. The van der Waals surface area contributed by atoms with Crippen LogP contribution >= 0.6 is 24.0 Å². The normalized spacial score (nSPS) is 15.4. The molecule has 8 nitrogen and oxygen atoms in total. The summed E-state index contributed by atoms with van der Waals surface area (Å²) in [5, 5.41) is 15.4. The van der Waals surface area contributed by atoms with E-state index in [1.54, 1.807) is 0 Å². The van der Waals surface area contributed by atoms with Gasteiger partial charge in [-0.1, -0.05) is 0 Å². The molecule has 0 unspecified atom stereocenters. The minimum Gasteiger partial charge on any atom is -0.491 e. The van der Waals surface area contributed by atoms with Crippen LogP contribution in [0, 0.1) is 5.92 Å². The average Bonchev–Trinajstić information content (AvgIpc) is 3.31. The van der Waals surface area contributed by atoms with E-state index < -0.39 is 0 Å². The number of aromatic nitrogens is 3. The summed E-state index contributed by atoms with van der Waals surface area (Å²) in [4.78, 5) is 4.76. The first kappa shape index (κ1) is 24.8. The number of aryl methyl sites for hydroxylation is 1. The van der Waals surface area contributed by atoms with E-state index in [0.29, 0.717) is 6.54 Å². The third kappa shape index (κ3) is 7.61. The molecule has 2 heterocycles. The standard InChI is InChI=1S/C23H34N6O2.HI/c1-17(2)31-20-10-8-19(9-11-20)26-23(24-12-4-14-30-16-18-6-7-18)25-15-22-28-27-21-5-3-13-29(21)22;/h8-11,17-18H,3-7,12-16H2,1-2H3,(H2,24,25,26);1H. The van der Waals surface area contributed by atoms with Gasteiger partial charge in [0.25, 0.3) is 0 Å². The number of hydrogen-bond donors (Lipinski definition) is 2. The number of halogens is 1. The van der Waals surface area contributed by atoms with Gasteiger partial charge in [0.1, 0.15) is 18.1 Å². The lowest BCUT2D eigenvalue weighted by molar-refractivity contribution is 0.123. The first-order valence-electron chi connectivity index (χ1n) is 11.5. The fourth-order valence-corrected chi connectivity index (χ4v) is 3.56. The summed E-state index contributed by atoms with van der Waals surface area (Å²) in [5.74, 6) is 4.39. The van der Waals surface area contributed by atoms with E-state index in [-0.39, 0.29) is 30.1 Å². The zero-order chi connectivity index (χ0) is 21.5. The Morgan fingerprint density at radius 1 is 1.22 bits per heavy atom. The lowest BCUT2D eigenvalue weighted by Gasteiger charge is -2.14. The Morgan fingerprint density at radius 3 is 2.78 bits per heavy atom. The molecule has 0 radical (unpaired) electrons. The van der Waals surface area contributed by atoms with Crippen molar-refractivity contribution in [2.45, 2.75) is 65.1 Å². The minimum atomic E-state index is 0. The maximum absolute atomic E-state index is 5.74. The Morgan fingerprint density at radius 2 is 2.03 bits per heavy atom. The molecule has 0 saturated heterocycles. The van der Waals surface area contributed by atoms with Gasteiger partial charge in [0, 0.05) is 38.4 Å². The number of aliphatic imine (C=N–C) groups is 1. The molecule has 1 aliphatic heterocycles. The molecule has 0 spiro atoms. The lowest BCUT2D eigenvalue weighted by atomic mass is 10.3. The molecule has 4 rings (SSSR count). The lowest BCUT2D eigenvalue weighted by Crippen LogP contribution is -2.32. The fraction of sp³-hybridized carbons (Fsp3) is 0.609. The molecule has 1 aromatic heterocycles. The van der Waals surface area contributed by atoms with Crippen LogP contribution in [0.5, 0.6) is 5.75 Å². The molecule has 2 aromatic rings. The summed E-state index contributed by atoms with van der Waals surface area (Å²) in [6, 6.07) is 7.94. The van der Waals surface area contributed by atoms with Gasteiger partial charge in [-0.2, -0.15) is 0 Å². The number of hydrogen-bond acceptors (Lipinski definition) is 5. The molecule has 0 amide bonds. The van der Waals surface area contributed by atoms with Crippen LogP contribution in [0.1, 0.15) is 51.2 Å². The molecule has 1 aliphatic carbocycles. The summed E-state index contributed by atoms with van der Waals surface area (Å²) >= 11 is 0. The van der Waals surface area contributed by atoms with Gasteiger partial charge in [-0.3, -0.25) is 0 Å². The van der Waals surface area contributed by atoms with E-state index in [2.05, 4.69) is 25.4 Å². The van der Waals surface area contributed by atoms with Crippen LogP contribution in [-0.2, 0) is 24.2 Å². The molecule has 0 atom stereocenters. The van der Waals surface area contributed by atoms with Crippen LogP contribution in [0.25, 0.3) is 0 Å². The highest BCUT2D eigenvalue weighted by atomic mass is 127. The van der Waals surface area contributed by atoms with Crippen molar-refractivity contribution in [1.82, 2.24) is 20.1 Å². The molecule has 1 aromatic carbocycles. The van der Waals surface area contributed by atoms with E-state index in [1.807, 2.05) is 38.1 Å². The number of ether oxygens (including phenoxy) is 2. The SMILES string of the molecule is CC(C)Oc1ccc(NC(=NCc2nnc3n2CCC3)NCCCOCC2CC2)cc1.I. The van der Waals surface area contributed by atoms with Crippen LogP contribution in [-0.4, -0.2) is 46.6 Å². The molecule has 0 bridgehead atoms. The number of nitrogens with zero attached hydrogens (tertiary/aromatic N) is 4. The number of guanidine groups is 1. The number of nitrogens with one attached hydrogen (secondary N) is 2. The Kier molecular flexibility index (Phi) is 9.58. The summed E-state index contributed by atoms with van der Waals surface area (Å²) < 4.78 is 13.7. The minimum absolute atomic E-state index is 0. The van der Waals surface area contributed by atoms with Gasteiger partial charge in [-0.05, 0) is 69.7 Å². The van der Waals surface area contributed by atoms with Crippen molar-refractivity contribution in [2.24, 2.45) is 10.9 Å². The van der Waals surface area contributed by atoms with Gasteiger partial charge in [-0.15, -0.1) is 34.2 Å². The zero-order valence-corrected chi connectivity index (χ0v) is 21.4. The third-order valence-electron chi connectivity index (χ3n) is 5.36. The average molecular weight is 554 g/mol. The summed E-state index contributed by atoms with van der Waals surface area (Å²) in [7, 11) is 0. The summed E-state index contributed by atoms with van der Waals surface area (Å²) in [6.07, 6.45) is 5.89. The van der Waals surface area contributed by atoms with Gasteiger partial charge >= 0.3 is 0 Å². The number of benzene rings is 1. The van der Waals surface area contributed by atoms with Crippen molar-refractivity contribution < 1.29 is 9.47 Å². The molecule has 2 aliphatic rings. The maximum atomic E-state index is 5.74. The highest BCUT2D eigenvalue weighted by Crippen LogP contribution is 2.28. The van der Waals surface area contributed by atoms with E-state index in [9.17, 15) is 0 Å². The third-order valence-corrected chi connectivity index (χ3v) is 5.36. The number of rotatable bonds is 11. The van der Waals surface area contributed by atoms with Crippen LogP contribution in [0.4, 0.5) is 5.69 Å². The van der Waals surface area contributed by atoms with Gasteiger partial charge in [-0.25, -0.2) is 4.99 Å². The topological polar surface area (TPSA) is 85.6 Å². The summed E-state index contributed by atoms with van der Waals surface area (Å²) in [6.45, 7) is 8.00. The second-order valence-electron chi connectivity index (χ2n) is 8.57. The summed E-state index contributed by atoms with van der Waals surface area (Å²) in [5.41, 5.74) is 0.957. The van der Waals surface area contributed by atoms with Crippen LogP contribution in [0.15, 0.2) is 29.3 Å². The second kappa shape index (κ2) is 12.4. The maximum Gasteiger partial charge on any atom is 0.196 e. The van der Waals surface area contributed by atoms with Crippen LogP contribution in [0.3, 0.4) is 0 Å². The fourth-order valence-electron chi connectivity index (χ4n) is 3.56. The molecule has 2 N–H and O–H groups in total. The van der Waals surface area contributed by atoms with Crippen molar-refractivity contribution in [3.63, 3.8) is 0 Å². The first-order valence-corrected chi connectivity index (χ1v) is 11.5. The molecular formula is C23H35IN6O2. The largest absolute Gasteiger partial charge is 0.491 e. The molecule has 176 valence electrons. The van der Waals surface area contributed by atoms with Crippen LogP contribution in [0.2, 0.25) is 0 Å². The zero-order valence-electron chi connectivity index (χ0n) is 19.0. The molecule has 1 saturated carbocycles. The van der Waals surface area contributed by atoms with Gasteiger partial charge in [0.05, 0.1) is 6.10 Å². The van der Waals surface area contributed by atoms with E-state index >= 15 is 0 Å². The van der Waals surface area contributed by atoms with Crippen LogP contribution < -0.4 is 15.4 Å². The highest BCUT2D eigenvalue weighted by molar-refractivity contribution is 14.0. The van der Waals surface area contributed by atoms with Gasteiger partial charge < -0.3 is 24.7 Å². The molecule has 32 heavy (non-hydrogen) atoms.